The van der Waals surface area contributed by atoms with Crippen molar-refractivity contribution in [2.75, 3.05) is 12.4 Å². The summed E-state index contributed by atoms with van der Waals surface area (Å²) < 4.78 is 5.27. The van der Waals surface area contributed by atoms with Gasteiger partial charge in [-0.05, 0) is 61.2 Å². The van der Waals surface area contributed by atoms with Gasteiger partial charge in [0, 0.05) is 6.04 Å². The van der Waals surface area contributed by atoms with Crippen molar-refractivity contribution < 1.29 is 4.74 Å². The average molecular weight is 348 g/mol. The van der Waals surface area contributed by atoms with E-state index in [4.69, 9.17) is 29.2 Å². The summed E-state index contributed by atoms with van der Waals surface area (Å²) in [7, 11) is 1.62. The minimum Gasteiger partial charge on any atom is -0.495 e. The predicted octanol–water partition coefficient (Wildman–Crippen LogP) is 2.33. The third kappa shape index (κ3) is 3.92. The zero-order valence-electron chi connectivity index (χ0n) is 12.8. The molecule has 3 atom stereocenters. The van der Waals surface area contributed by atoms with Gasteiger partial charge < -0.3 is 15.4 Å². The number of ether oxygens (including phenoxy) is 1. The molecule has 0 heterocycles. The van der Waals surface area contributed by atoms with Gasteiger partial charge in [0.2, 0.25) is 0 Å². The van der Waals surface area contributed by atoms with Gasteiger partial charge in [-0.25, -0.2) is 0 Å². The maximum Gasteiger partial charge on any atom is 0.189 e. The van der Waals surface area contributed by atoms with E-state index < -0.39 is 0 Å². The van der Waals surface area contributed by atoms with E-state index in [1.165, 1.54) is 6.42 Å². The van der Waals surface area contributed by atoms with Crippen molar-refractivity contribution in [3.05, 3.63) is 36.4 Å². The monoisotopic (exact) mass is 348 g/mol. The molecule has 23 heavy (non-hydrogen) atoms. The number of hydrogen-bond donors (Lipinski definition) is 4. The normalized spacial score (nSPS) is 24.1. The first-order valence-corrected chi connectivity index (χ1v) is 8.42. The molecule has 1 aromatic carbocycles. The van der Waals surface area contributed by atoms with Crippen LogP contribution in [0.3, 0.4) is 0 Å². The molecule has 3 unspecified atom stereocenters. The molecule has 1 fully saturated rings. The largest absolute Gasteiger partial charge is 0.495 e. The fourth-order valence-corrected chi connectivity index (χ4v) is 3.53. The lowest BCUT2D eigenvalue weighted by molar-refractivity contribution is 0.417. The Morgan fingerprint density at radius 1 is 1.09 bits per heavy atom. The fourth-order valence-electron chi connectivity index (χ4n) is 3.17. The number of benzene rings is 1. The summed E-state index contributed by atoms with van der Waals surface area (Å²) in [5, 5.41) is 7.40. The van der Waals surface area contributed by atoms with Crippen molar-refractivity contribution in [2.24, 2.45) is 11.8 Å². The van der Waals surface area contributed by atoms with Crippen LogP contribution in [0.1, 0.15) is 12.8 Å². The number of methoxy groups -OCH3 is 1. The second-order valence-electron chi connectivity index (χ2n) is 5.76. The molecule has 0 saturated heterocycles. The molecular formula is C16H20N4OS2. The summed E-state index contributed by atoms with van der Waals surface area (Å²) in [6.07, 6.45) is 6.98. The highest BCUT2D eigenvalue weighted by Crippen LogP contribution is 2.38. The maximum atomic E-state index is 5.32. The first-order valence-electron chi connectivity index (χ1n) is 7.60. The fraction of sp³-hybridized carbons (Fsp3) is 0.375. The van der Waals surface area contributed by atoms with Gasteiger partial charge in [0.25, 0.3) is 0 Å². The Balaban J connectivity index is 1.43. The van der Waals surface area contributed by atoms with Crippen LogP contribution in [0.4, 0.5) is 5.69 Å². The Hall–Kier alpha value is -1.86. The highest BCUT2D eigenvalue weighted by Gasteiger charge is 2.35. The van der Waals surface area contributed by atoms with Crippen LogP contribution in [0.15, 0.2) is 36.4 Å². The van der Waals surface area contributed by atoms with E-state index in [1.807, 2.05) is 24.3 Å². The van der Waals surface area contributed by atoms with E-state index in [9.17, 15) is 0 Å². The number of anilines is 1. The third-order valence-corrected chi connectivity index (χ3v) is 4.66. The van der Waals surface area contributed by atoms with Crippen LogP contribution >= 0.6 is 24.4 Å². The summed E-state index contributed by atoms with van der Waals surface area (Å²) in [6, 6.07) is 8.00. The van der Waals surface area contributed by atoms with Crippen LogP contribution in [-0.4, -0.2) is 23.4 Å². The summed E-state index contributed by atoms with van der Waals surface area (Å²) in [4.78, 5) is 0. The Labute approximate surface area is 146 Å². The molecule has 1 saturated carbocycles. The zero-order chi connectivity index (χ0) is 16.2. The first-order chi connectivity index (χ1) is 11.2. The molecule has 2 aliphatic carbocycles. The quantitative estimate of drug-likeness (QED) is 0.380. The maximum absolute atomic E-state index is 5.32. The number of thiocarbonyl (C=S) groups is 2. The molecule has 2 aliphatic rings. The average Bonchev–Trinajstić information content (AvgIpc) is 3.16. The molecule has 4 N–H and O–H groups in total. The molecule has 122 valence electrons. The van der Waals surface area contributed by atoms with Gasteiger partial charge in [0.05, 0.1) is 12.8 Å². The SMILES string of the molecule is COc1ccccc1NC(=S)NNC(=S)NC1CC2C=CC1C2. The Kier molecular flexibility index (Phi) is 4.97. The third-order valence-electron chi connectivity index (χ3n) is 4.24. The molecule has 0 amide bonds. The second-order valence-corrected chi connectivity index (χ2v) is 6.58. The Morgan fingerprint density at radius 2 is 1.87 bits per heavy atom. The van der Waals surface area contributed by atoms with Crippen molar-refractivity contribution in [3.8, 4) is 5.75 Å². The number of hydrogen-bond acceptors (Lipinski definition) is 3. The minimum absolute atomic E-state index is 0.419. The number of nitrogens with one attached hydrogen (secondary N) is 4. The standard InChI is InChI=1S/C16H20N4OS2/c1-21-14-5-3-2-4-12(14)17-15(22)19-20-16(23)18-13-9-10-6-7-11(13)8-10/h2-7,10-11,13H,8-9H2,1H3,(H2,17,19,22)(H2,18,20,23). The van der Waals surface area contributed by atoms with Crippen molar-refractivity contribution in [2.45, 2.75) is 18.9 Å². The summed E-state index contributed by atoms with van der Waals surface area (Å²) >= 11 is 10.6. The van der Waals surface area contributed by atoms with Crippen LogP contribution in [-0.2, 0) is 0 Å². The van der Waals surface area contributed by atoms with E-state index in [0.29, 0.717) is 28.1 Å². The van der Waals surface area contributed by atoms with Crippen LogP contribution < -0.4 is 26.2 Å². The number of allylic oxidation sites excluding steroid dienone is 1. The topological polar surface area (TPSA) is 57.4 Å². The number of fused-ring (bicyclic) bond motifs is 2. The molecule has 5 nitrogen and oxygen atoms in total. The lowest BCUT2D eigenvalue weighted by Crippen LogP contribution is -2.51. The van der Waals surface area contributed by atoms with Crippen molar-refractivity contribution >= 4 is 40.3 Å². The molecule has 7 heteroatoms. The highest BCUT2D eigenvalue weighted by molar-refractivity contribution is 7.80. The number of hydrazine groups is 1. The summed E-state index contributed by atoms with van der Waals surface area (Å²) in [5.74, 6) is 2.03. The lowest BCUT2D eigenvalue weighted by Gasteiger charge is -2.22. The van der Waals surface area contributed by atoms with Gasteiger partial charge in [0.1, 0.15) is 5.75 Å². The van der Waals surface area contributed by atoms with Crippen LogP contribution in [0, 0.1) is 11.8 Å². The summed E-state index contributed by atoms with van der Waals surface area (Å²) in [5.41, 5.74) is 6.62. The number of para-hydroxylation sites is 2. The molecule has 0 spiro atoms. The van der Waals surface area contributed by atoms with Gasteiger partial charge in [-0.3, -0.25) is 10.9 Å². The summed E-state index contributed by atoms with van der Waals surface area (Å²) in [6.45, 7) is 0. The van der Waals surface area contributed by atoms with Gasteiger partial charge in [-0.2, -0.15) is 0 Å². The zero-order valence-corrected chi connectivity index (χ0v) is 14.5. The molecular weight excluding hydrogens is 328 g/mol. The number of rotatable bonds is 3. The van der Waals surface area contributed by atoms with Gasteiger partial charge in [-0.1, -0.05) is 24.3 Å². The van der Waals surface area contributed by atoms with E-state index in [-0.39, 0.29) is 0 Å². The van der Waals surface area contributed by atoms with E-state index >= 15 is 0 Å². The van der Waals surface area contributed by atoms with E-state index in [2.05, 4.69) is 33.6 Å². The van der Waals surface area contributed by atoms with Crippen LogP contribution in [0.5, 0.6) is 5.75 Å². The molecule has 2 bridgehead atoms. The highest BCUT2D eigenvalue weighted by atomic mass is 32.1. The predicted molar refractivity (Wildman–Crippen MR) is 100 cm³/mol. The van der Waals surface area contributed by atoms with Crippen molar-refractivity contribution in [1.29, 1.82) is 0 Å². The first kappa shape index (κ1) is 16.0. The van der Waals surface area contributed by atoms with E-state index in [1.54, 1.807) is 7.11 Å². The molecule has 3 rings (SSSR count). The van der Waals surface area contributed by atoms with Crippen LogP contribution in [0.25, 0.3) is 0 Å². The van der Waals surface area contributed by atoms with Crippen molar-refractivity contribution in [3.63, 3.8) is 0 Å². The van der Waals surface area contributed by atoms with Gasteiger partial charge in [0.15, 0.2) is 10.2 Å². The van der Waals surface area contributed by atoms with E-state index in [0.717, 1.165) is 17.9 Å². The molecule has 0 aromatic heterocycles. The smallest absolute Gasteiger partial charge is 0.189 e. The second kappa shape index (κ2) is 7.14. The van der Waals surface area contributed by atoms with Crippen LogP contribution in [0.2, 0.25) is 0 Å². The Morgan fingerprint density at radius 3 is 2.57 bits per heavy atom. The molecule has 0 radical (unpaired) electrons. The van der Waals surface area contributed by atoms with Crippen molar-refractivity contribution in [1.82, 2.24) is 16.2 Å². The lowest BCUT2D eigenvalue weighted by atomic mass is 10.0. The Bertz CT molecular complexity index is 634. The molecule has 1 aromatic rings. The molecule has 0 aliphatic heterocycles. The van der Waals surface area contributed by atoms with Gasteiger partial charge in [-0.15, -0.1) is 0 Å². The van der Waals surface area contributed by atoms with Gasteiger partial charge >= 0.3 is 0 Å². The minimum atomic E-state index is 0.419.